The van der Waals surface area contributed by atoms with Crippen molar-refractivity contribution >= 4 is 27.3 Å². The van der Waals surface area contributed by atoms with Crippen molar-refractivity contribution in [2.24, 2.45) is 0 Å². The Balaban J connectivity index is 1.93. The molecule has 0 aliphatic carbocycles. The molecule has 0 aliphatic heterocycles. The summed E-state index contributed by atoms with van der Waals surface area (Å²) in [5, 5.41) is 0.472. The van der Waals surface area contributed by atoms with Gasteiger partial charge in [0.25, 0.3) is 0 Å². The van der Waals surface area contributed by atoms with E-state index in [1.54, 1.807) is 62.6 Å². The summed E-state index contributed by atoms with van der Waals surface area (Å²) in [6.07, 6.45) is 0. The van der Waals surface area contributed by atoms with Gasteiger partial charge in [0.05, 0.1) is 14.2 Å². The summed E-state index contributed by atoms with van der Waals surface area (Å²) < 4.78 is 45.3. The second-order valence-electron chi connectivity index (χ2n) is 6.73. The Kier molecular flexibility index (Phi) is 6.94. The van der Waals surface area contributed by atoms with Crippen LogP contribution in [-0.4, -0.2) is 22.6 Å². The summed E-state index contributed by atoms with van der Waals surface area (Å²) in [5.74, 6) is 1.69. The minimum atomic E-state index is -3.98. The lowest BCUT2D eigenvalue weighted by Crippen LogP contribution is -2.24. The van der Waals surface area contributed by atoms with E-state index in [4.69, 9.17) is 31.5 Å². The number of ether oxygens (including phenoxy) is 3. The summed E-state index contributed by atoms with van der Waals surface area (Å²) in [6, 6.07) is 14.8. The third kappa shape index (κ3) is 5.41. The van der Waals surface area contributed by atoms with Crippen molar-refractivity contribution < 1.29 is 22.6 Å². The number of nitrogens with two attached hydrogens (primary N) is 1. The third-order valence-corrected chi connectivity index (χ3v) is 6.16. The van der Waals surface area contributed by atoms with E-state index in [1.165, 1.54) is 13.2 Å². The number of benzene rings is 3. The van der Waals surface area contributed by atoms with E-state index >= 15 is 0 Å². The molecule has 0 spiro atoms. The van der Waals surface area contributed by atoms with Crippen LogP contribution in [-0.2, 0) is 16.6 Å². The van der Waals surface area contributed by atoms with Crippen molar-refractivity contribution in [2.75, 3.05) is 20.0 Å². The Labute approximate surface area is 186 Å². The molecule has 0 unspecified atom stereocenters. The van der Waals surface area contributed by atoms with Gasteiger partial charge in [0.1, 0.15) is 22.1 Å². The van der Waals surface area contributed by atoms with Gasteiger partial charge in [-0.25, -0.2) is 13.1 Å². The second-order valence-corrected chi connectivity index (χ2v) is 8.90. The van der Waals surface area contributed by atoms with Gasteiger partial charge in [-0.05, 0) is 48.9 Å². The molecule has 164 valence electrons. The van der Waals surface area contributed by atoms with E-state index in [-0.39, 0.29) is 17.2 Å². The maximum atomic E-state index is 13.2. The molecule has 3 aromatic rings. The zero-order valence-electron chi connectivity index (χ0n) is 17.3. The Morgan fingerprint density at radius 1 is 1.00 bits per heavy atom. The molecule has 0 fully saturated rings. The molecule has 3 N–H and O–H groups in total. The predicted octanol–water partition coefficient (Wildman–Crippen LogP) is 4.52. The first-order valence-corrected chi connectivity index (χ1v) is 11.1. The highest BCUT2D eigenvalue weighted by Crippen LogP contribution is 2.35. The quantitative estimate of drug-likeness (QED) is 0.477. The maximum absolute atomic E-state index is 13.2. The maximum Gasteiger partial charge on any atom is 0.244 e. The van der Waals surface area contributed by atoms with Gasteiger partial charge in [-0.1, -0.05) is 23.7 Å². The van der Waals surface area contributed by atoms with Gasteiger partial charge in [-0.15, -0.1) is 0 Å². The lowest BCUT2D eigenvalue weighted by molar-refractivity contribution is 0.390. The number of halogens is 1. The topological polar surface area (TPSA) is 99.9 Å². The van der Waals surface area contributed by atoms with Crippen molar-refractivity contribution in [1.82, 2.24) is 4.72 Å². The number of methoxy groups -OCH3 is 2. The van der Waals surface area contributed by atoms with Gasteiger partial charge in [0, 0.05) is 28.9 Å². The molecule has 0 aromatic heterocycles. The van der Waals surface area contributed by atoms with Gasteiger partial charge in [0.15, 0.2) is 5.75 Å². The van der Waals surface area contributed by atoms with Crippen LogP contribution >= 0.6 is 11.6 Å². The first-order valence-electron chi connectivity index (χ1n) is 9.27. The standard InChI is InChI=1S/C22H23ClN2O5S/c1-14-9-17(24)11-21(22(14)30-19-6-4-5-16(23)10-19)31(26,27)25-13-15-7-8-18(28-2)12-20(15)29-3/h4-12,25H,13,24H2,1-3H3. The van der Waals surface area contributed by atoms with E-state index in [9.17, 15) is 8.42 Å². The van der Waals surface area contributed by atoms with Crippen LogP contribution in [0.1, 0.15) is 11.1 Å². The number of nitrogens with one attached hydrogen (secondary N) is 1. The summed E-state index contributed by atoms with van der Waals surface area (Å²) in [7, 11) is -0.932. The minimum absolute atomic E-state index is 0.0000469. The Morgan fingerprint density at radius 3 is 2.45 bits per heavy atom. The number of nitrogen functional groups attached to an aromatic ring is 1. The summed E-state index contributed by atoms with van der Waals surface area (Å²) in [4.78, 5) is -0.0718. The fourth-order valence-electron chi connectivity index (χ4n) is 3.00. The van der Waals surface area contributed by atoms with Crippen LogP contribution in [0.5, 0.6) is 23.0 Å². The molecule has 0 aliphatic rings. The largest absolute Gasteiger partial charge is 0.497 e. The monoisotopic (exact) mass is 462 g/mol. The minimum Gasteiger partial charge on any atom is -0.497 e. The Bertz CT molecular complexity index is 1200. The van der Waals surface area contributed by atoms with E-state index in [1.807, 2.05) is 0 Å². The van der Waals surface area contributed by atoms with E-state index < -0.39 is 10.0 Å². The van der Waals surface area contributed by atoms with Crippen molar-refractivity contribution in [1.29, 1.82) is 0 Å². The smallest absolute Gasteiger partial charge is 0.244 e. The number of aryl methyl sites for hydroxylation is 1. The SMILES string of the molecule is COc1ccc(CNS(=O)(=O)c2cc(N)cc(C)c2Oc2cccc(Cl)c2)c(OC)c1. The first kappa shape index (κ1) is 22.7. The van der Waals surface area contributed by atoms with Crippen molar-refractivity contribution in [3.8, 4) is 23.0 Å². The molecular formula is C22H23ClN2O5S. The average Bonchev–Trinajstić information content (AvgIpc) is 2.73. The summed E-state index contributed by atoms with van der Waals surface area (Å²) in [6.45, 7) is 1.72. The van der Waals surface area contributed by atoms with Crippen molar-refractivity contribution in [3.63, 3.8) is 0 Å². The normalized spacial score (nSPS) is 11.2. The van der Waals surface area contributed by atoms with Crippen molar-refractivity contribution in [2.45, 2.75) is 18.4 Å². The van der Waals surface area contributed by atoms with Crippen LogP contribution < -0.4 is 24.7 Å². The molecule has 0 heterocycles. The van der Waals surface area contributed by atoms with Gasteiger partial charge in [0.2, 0.25) is 10.0 Å². The zero-order chi connectivity index (χ0) is 22.6. The van der Waals surface area contributed by atoms with Gasteiger partial charge < -0.3 is 19.9 Å². The van der Waals surface area contributed by atoms with E-state index in [2.05, 4.69) is 4.72 Å². The number of hydrogen-bond donors (Lipinski definition) is 2. The lowest BCUT2D eigenvalue weighted by Gasteiger charge is -2.17. The molecule has 0 radical (unpaired) electrons. The third-order valence-electron chi connectivity index (χ3n) is 4.52. The number of hydrogen-bond acceptors (Lipinski definition) is 6. The van der Waals surface area contributed by atoms with Gasteiger partial charge >= 0.3 is 0 Å². The second kappa shape index (κ2) is 9.47. The molecule has 31 heavy (non-hydrogen) atoms. The molecular weight excluding hydrogens is 440 g/mol. The number of sulfonamides is 1. The molecule has 3 rings (SSSR count). The van der Waals surface area contributed by atoms with E-state index in [0.717, 1.165) is 0 Å². The molecule has 0 atom stereocenters. The molecule has 7 nitrogen and oxygen atoms in total. The van der Waals surface area contributed by atoms with E-state index in [0.29, 0.717) is 39.1 Å². The van der Waals surface area contributed by atoms with Gasteiger partial charge in [-0.3, -0.25) is 0 Å². The van der Waals surface area contributed by atoms with Crippen LogP contribution in [0.3, 0.4) is 0 Å². The highest BCUT2D eigenvalue weighted by molar-refractivity contribution is 7.89. The molecule has 0 saturated carbocycles. The van der Waals surface area contributed by atoms with Crippen LogP contribution in [0.25, 0.3) is 0 Å². The summed E-state index contributed by atoms with van der Waals surface area (Å²) >= 11 is 6.02. The van der Waals surface area contributed by atoms with Crippen LogP contribution in [0.4, 0.5) is 5.69 Å². The molecule has 0 bridgehead atoms. The molecule has 9 heteroatoms. The molecule has 3 aromatic carbocycles. The number of anilines is 1. The van der Waals surface area contributed by atoms with Crippen LogP contribution in [0, 0.1) is 6.92 Å². The fraction of sp³-hybridized carbons (Fsp3) is 0.182. The van der Waals surface area contributed by atoms with Crippen molar-refractivity contribution in [3.05, 3.63) is 70.7 Å². The van der Waals surface area contributed by atoms with Crippen LogP contribution in [0.2, 0.25) is 5.02 Å². The summed E-state index contributed by atoms with van der Waals surface area (Å²) in [5.41, 5.74) is 7.44. The fourth-order valence-corrected chi connectivity index (χ4v) is 4.41. The average molecular weight is 463 g/mol. The predicted molar refractivity (Wildman–Crippen MR) is 121 cm³/mol. The molecule has 0 saturated heterocycles. The van der Waals surface area contributed by atoms with Crippen LogP contribution in [0.15, 0.2) is 59.5 Å². The number of rotatable bonds is 8. The Hall–Kier alpha value is -2.94. The zero-order valence-corrected chi connectivity index (χ0v) is 18.9. The highest BCUT2D eigenvalue weighted by atomic mass is 35.5. The first-order chi connectivity index (χ1) is 14.7. The van der Waals surface area contributed by atoms with Gasteiger partial charge in [-0.2, -0.15) is 0 Å². The molecule has 0 amide bonds. The highest BCUT2D eigenvalue weighted by Gasteiger charge is 2.23. The Morgan fingerprint density at radius 2 is 1.77 bits per heavy atom. The lowest BCUT2D eigenvalue weighted by atomic mass is 10.2.